The highest BCUT2D eigenvalue weighted by Crippen LogP contribution is 2.57. The molecule has 34 heavy (non-hydrogen) atoms. The predicted octanol–water partition coefficient (Wildman–Crippen LogP) is 4.65. The molecule has 2 bridgehead atoms. The van der Waals surface area contributed by atoms with E-state index in [0.29, 0.717) is 35.1 Å². The minimum absolute atomic E-state index is 0.0524. The van der Waals surface area contributed by atoms with Gasteiger partial charge >= 0.3 is 0 Å². The van der Waals surface area contributed by atoms with Gasteiger partial charge in [0.1, 0.15) is 16.7 Å². The van der Waals surface area contributed by atoms with Crippen LogP contribution in [-0.2, 0) is 4.79 Å². The second-order valence-corrected chi connectivity index (χ2v) is 10.5. The molecular weight excluding hydrogens is 449 g/mol. The molecule has 170 valence electrons. The number of hydrogen-bond acceptors (Lipinski definition) is 7. The van der Waals surface area contributed by atoms with Gasteiger partial charge in [-0.3, -0.25) is 9.69 Å². The molecule has 6 heterocycles. The molecule has 1 aromatic carbocycles. The smallest absolute Gasteiger partial charge is 0.161 e. The highest BCUT2D eigenvalue weighted by Gasteiger charge is 2.46. The number of piperidine rings is 1. The molecule has 1 aromatic heterocycles. The maximum Gasteiger partial charge on any atom is 0.161 e. The van der Waals surface area contributed by atoms with E-state index >= 15 is 0 Å². The molecule has 8 rings (SSSR count). The maximum atomic E-state index is 13.7. The highest BCUT2D eigenvalue weighted by atomic mass is 32.1. The van der Waals surface area contributed by atoms with E-state index in [0.717, 1.165) is 60.6 Å². The summed E-state index contributed by atoms with van der Waals surface area (Å²) in [6, 6.07) is 8.43. The molecule has 6 nitrogen and oxygen atoms in total. The average Bonchev–Trinajstić information content (AvgIpc) is 3.28. The number of nitriles is 1. The molecule has 2 N–H and O–H groups in total. The molecule has 1 unspecified atom stereocenters. The number of benzene rings is 1. The van der Waals surface area contributed by atoms with Crippen LogP contribution < -0.4 is 15.5 Å². The molecule has 0 radical (unpaired) electrons. The van der Waals surface area contributed by atoms with Gasteiger partial charge in [-0.2, -0.15) is 5.26 Å². The number of carbonyl (C=O) groups is 1. The first kappa shape index (κ1) is 20.0. The SMILES string of the molecule is N#CC1=C2N=C(N)c3c(sc4c3C3CCN4CC3)N2C2=C(C(=O)CCC2)C1c1ccc(F)cc1. The van der Waals surface area contributed by atoms with Crippen LogP contribution in [0.5, 0.6) is 0 Å². The lowest BCUT2D eigenvalue weighted by Crippen LogP contribution is -2.40. The fourth-order valence-corrected chi connectivity index (χ4v) is 7.82. The van der Waals surface area contributed by atoms with E-state index in [1.807, 2.05) is 0 Å². The minimum atomic E-state index is -0.563. The van der Waals surface area contributed by atoms with Gasteiger partial charge in [0.2, 0.25) is 0 Å². The number of nitrogens with zero attached hydrogens (tertiary/aromatic N) is 4. The van der Waals surface area contributed by atoms with E-state index in [1.165, 1.54) is 22.7 Å². The zero-order valence-electron chi connectivity index (χ0n) is 18.5. The third-order valence-electron chi connectivity index (χ3n) is 7.84. The minimum Gasteiger partial charge on any atom is -0.383 e. The van der Waals surface area contributed by atoms with Crippen LogP contribution in [0.25, 0.3) is 0 Å². The first-order valence-electron chi connectivity index (χ1n) is 11.8. The Morgan fingerprint density at radius 3 is 2.65 bits per heavy atom. The van der Waals surface area contributed by atoms with Crippen molar-refractivity contribution < 1.29 is 9.18 Å². The van der Waals surface area contributed by atoms with Crippen molar-refractivity contribution in [3.63, 3.8) is 0 Å². The number of nitrogens with two attached hydrogens (primary N) is 1. The van der Waals surface area contributed by atoms with Crippen LogP contribution in [0.1, 0.15) is 60.6 Å². The molecule has 0 saturated carbocycles. The Hall–Kier alpha value is -3.44. The first-order chi connectivity index (χ1) is 16.6. The number of allylic oxidation sites excluding steroid dienone is 3. The highest BCUT2D eigenvalue weighted by molar-refractivity contribution is 7.21. The summed E-state index contributed by atoms with van der Waals surface area (Å²) in [5.41, 5.74) is 11.6. The molecule has 1 fully saturated rings. The third-order valence-corrected chi connectivity index (χ3v) is 9.09. The van der Waals surface area contributed by atoms with Crippen LogP contribution in [0.2, 0.25) is 0 Å². The van der Waals surface area contributed by atoms with E-state index in [2.05, 4.69) is 15.9 Å². The zero-order valence-corrected chi connectivity index (χ0v) is 19.3. The van der Waals surface area contributed by atoms with Crippen molar-refractivity contribution in [2.75, 3.05) is 22.9 Å². The van der Waals surface area contributed by atoms with Gasteiger partial charge in [0.05, 0.1) is 28.1 Å². The van der Waals surface area contributed by atoms with Crippen molar-refractivity contribution >= 4 is 33.0 Å². The van der Waals surface area contributed by atoms with Crippen molar-refractivity contribution in [2.45, 2.75) is 43.9 Å². The molecule has 1 saturated heterocycles. The molecule has 5 aliphatic heterocycles. The number of Topliss-reactive ketones (excluding diaryl/α,β-unsaturated/α-hetero) is 1. The topological polar surface area (TPSA) is 85.7 Å². The molecule has 2 aromatic rings. The van der Waals surface area contributed by atoms with Gasteiger partial charge in [0.25, 0.3) is 0 Å². The van der Waals surface area contributed by atoms with Crippen LogP contribution in [0.4, 0.5) is 14.4 Å². The van der Waals surface area contributed by atoms with Crippen molar-refractivity contribution in [1.29, 1.82) is 5.26 Å². The number of hydrogen-bond donors (Lipinski definition) is 1. The van der Waals surface area contributed by atoms with Crippen LogP contribution in [0.3, 0.4) is 0 Å². The molecule has 0 spiro atoms. The number of rotatable bonds is 1. The van der Waals surface area contributed by atoms with E-state index in [9.17, 15) is 14.4 Å². The summed E-state index contributed by atoms with van der Waals surface area (Å²) in [5, 5.41) is 12.6. The number of carbonyl (C=O) groups excluding carboxylic acids is 1. The van der Waals surface area contributed by atoms with Gasteiger partial charge in [-0.05, 0) is 49.3 Å². The summed E-state index contributed by atoms with van der Waals surface area (Å²) in [4.78, 5) is 22.7. The van der Waals surface area contributed by atoms with Gasteiger partial charge in [0.15, 0.2) is 11.6 Å². The first-order valence-corrected chi connectivity index (χ1v) is 12.6. The van der Waals surface area contributed by atoms with E-state index in [4.69, 9.17) is 10.7 Å². The van der Waals surface area contributed by atoms with Gasteiger partial charge < -0.3 is 10.6 Å². The second-order valence-electron chi connectivity index (χ2n) is 9.57. The molecular formula is C26H22FN5OS. The summed E-state index contributed by atoms with van der Waals surface area (Å²) in [5.74, 6) is 0.576. The van der Waals surface area contributed by atoms with Crippen LogP contribution >= 0.6 is 11.3 Å². The Bertz CT molecular complexity index is 1400. The zero-order chi connectivity index (χ0) is 23.1. The number of anilines is 2. The lowest BCUT2D eigenvalue weighted by Gasteiger charge is -2.41. The lowest BCUT2D eigenvalue weighted by atomic mass is 9.75. The Morgan fingerprint density at radius 1 is 1.15 bits per heavy atom. The van der Waals surface area contributed by atoms with Crippen molar-refractivity contribution in [1.82, 2.24) is 0 Å². The third kappa shape index (κ3) is 2.53. The summed E-state index contributed by atoms with van der Waals surface area (Å²) < 4.78 is 13.7. The number of amidine groups is 1. The monoisotopic (exact) mass is 471 g/mol. The maximum absolute atomic E-state index is 13.7. The molecule has 8 heteroatoms. The van der Waals surface area contributed by atoms with Gasteiger partial charge in [-0.1, -0.05) is 23.5 Å². The Balaban J connectivity index is 1.51. The molecule has 0 amide bonds. The van der Waals surface area contributed by atoms with Crippen LogP contribution in [0, 0.1) is 17.1 Å². The summed E-state index contributed by atoms with van der Waals surface area (Å²) in [7, 11) is 0. The number of aliphatic imine (C=N–C) groups is 1. The largest absolute Gasteiger partial charge is 0.383 e. The Morgan fingerprint density at radius 2 is 1.91 bits per heavy atom. The van der Waals surface area contributed by atoms with E-state index in [1.54, 1.807) is 23.5 Å². The number of thiophene rings is 1. The number of halogens is 1. The Labute approximate surface area is 200 Å². The van der Waals surface area contributed by atoms with E-state index < -0.39 is 5.92 Å². The summed E-state index contributed by atoms with van der Waals surface area (Å²) in [6.45, 7) is 2.11. The standard InChI is InChI=1S/C26H22FN5OS/c27-15-6-4-13(5-7-15)19-16(12-28)24-30-23(29)22-20-14-8-10-31(11-9-14)25(20)34-26(22)32(24)17-2-1-3-18(33)21(17)19/h4-7,14,19H,1-3,8-11H2,(H2,29,30). The van der Waals surface area contributed by atoms with Gasteiger partial charge in [-0.15, -0.1) is 0 Å². The second kappa shape index (κ2) is 7.03. The summed E-state index contributed by atoms with van der Waals surface area (Å²) >= 11 is 1.71. The molecule has 1 atom stereocenters. The number of ketones is 1. The van der Waals surface area contributed by atoms with Crippen molar-refractivity contribution in [2.24, 2.45) is 10.7 Å². The Kier molecular flexibility index (Phi) is 4.13. The quantitative estimate of drug-likeness (QED) is 0.654. The van der Waals surface area contributed by atoms with Crippen molar-refractivity contribution in [3.8, 4) is 6.07 Å². The van der Waals surface area contributed by atoms with Crippen LogP contribution in [0.15, 0.2) is 51.9 Å². The fourth-order valence-electron chi connectivity index (χ4n) is 6.34. The fraction of sp³-hybridized carbons (Fsp3) is 0.346. The van der Waals surface area contributed by atoms with Crippen LogP contribution in [-0.4, -0.2) is 24.7 Å². The van der Waals surface area contributed by atoms with Gasteiger partial charge in [-0.25, -0.2) is 9.38 Å². The van der Waals surface area contributed by atoms with Gasteiger partial charge in [0, 0.05) is 36.3 Å². The normalized spacial score (nSPS) is 23.4. The predicted molar refractivity (Wildman–Crippen MR) is 129 cm³/mol. The molecule has 1 aliphatic carbocycles. The average molecular weight is 472 g/mol. The van der Waals surface area contributed by atoms with Crippen molar-refractivity contribution in [3.05, 3.63) is 69.4 Å². The number of fused-ring (bicyclic) bond motifs is 6. The molecule has 6 aliphatic rings. The lowest BCUT2D eigenvalue weighted by molar-refractivity contribution is -0.116. The van der Waals surface area contributed by atoms with E-state index in [-0.39, 0.29) is 11.6 Å². The summed E-state index contributed by atoms with van der Waals surface area (Å²) in [6.07, 6.45) is 4.18.